The van der Waals surface area contributed by atoms with E-state index in [9.17, 15) is 0 Å². The minimum Gasteiger partial charge on any atom is -0.346 e. The van der Waals surface area contributed by atoms with E-state index in [1.54, 1.807) is 6.20 Å². The fraction of sp³-hybridized carbons (Fsp3) is 0.231. The van der Waals surface area contributed by atoms with Crippen LogP contribution in [-0.4, -0.2) is 20.2 Å². The maximum absolute atomic E-state index is 4.46. The first kappa shape index (κ1) is 8.98. The highest BCUT2D eigenvalue weighted by atomic mass is 15.1. The molecule has 4 nitrogen and oxygen atoms in total. The molecule has 1 fully saturated rings. The highest BCUT2D eigenvalue weighted by molar-refractivity contribution is 5.84. The lowest BCUT2D eigenvalue weighted by Crippen LogP contribution is -1.83. The molecule has 0 spiro atoms. The first-order valence-electron chi connectivity index (χ1n) is 5.88. The first-order chi connectivity index (χ1) is 8.42. The maximum Gasteiger partial charge on any atom is 0.137 e. The molecule has 0 saturated heterocycles. The Hall–Kier alpha value is -2.10. The molecule has 0 bridgehead atoms. The molecule has 84 valence electrons. The summed E-state index contributed by atoms with van der Waals surface area (Å²) in [6.07, 6.45) is 8.36. The van der Waals surface area contributed by atoms with Gasteiger partial charge in [0.1, 0.15) is 5.65 Å². The van der Waals surface area contributed by atoms with E-state index in [2.05, 4.69) is 32.4 Å². The third kappa shape index (κ3) is 1.37. The van der Waals surface area contributed by atoms with Gasteiger partial charge in [-0.2, -0.15) is 5.10 Å². The van der Waals surface area contributed by atoms with Crippen LogP contribution in [0.4, 0.5) is 0 Å². The SMILES string of the molecule is c1cc(-c2cnc3[nH]cc(C4CC4)c3c2)[nH]n1. The molecule has 0 aliphatic heterocycles. The Labute approximate surface area is 98.1 Å². The minimum atomic E-state index is 0.738. The van der Waals surface area contributed by atoms with Crippen molar-refractivity contribution in [2.24, 2.45) is 0 Å². The summed E-state index contributed by atoms with van der Waals surface area (Å²) in [5.74, 6) is 0.738. The van der Waals surface area contributed by atoms with Crippen LogP contribution >= 0.6 is 0 Å². The quantitative estimate of drug-likeness (QED) is 0.703. The molecule has 3 aromatic heterocycles. The highest BCUT2D eigenvalue weighted by Crippen LogP contribution is 2.43. The van der Waals surface area contributed by atoms with E-state index in [1.165, 1.54) is 23.8 Å². The number of fused-ring (bicyclic) bond motifs is 1. The van der Waals surface area contributed by atoms with Gasteiger partial charge in [-0.15, -0.1) is 0 Å². The van der Waals surface area contributed by atoms with Gasteiger partial charge in [0.2, 0.25) is 0 Å². The molecule has 1 aliphatic carbocycles. The van der Waals surface area contributed by atoms with E-state index in [0.29, 0.717) is 0 Å². The van der Waals surface area contributed by atoms with Crippen LogP contribution in [0.3, 0.4) is 0 Å². The first-order valence-corrected chi connectivity index (χ1v) is 5.88. The van der Waals surface area contributed by atoms with Crippen LogP contribution in [-0.2, 0) is 0 Å². The summed E-state index contributed by atoms with van der Waals surface area (Å²) in [7, 11) is 0. The van der Waals surface area contributed by atoms with E-state index in [0.717, 1.165) is 22.8 Å². The Morgan fingerprint density at radius 3 is 3.00 bits per heavy atom. The van der Waals surface area contributed by atoms with Crippen molar-refractivity contribution in [2.45, 2.75) is 18.8 Å². The van der Waals surface area contributed by atoms with Crippen LogP contribution in [0.1, 0.15) is 24.3 Å². The van der Waals surface area contributed by atoms with E-state index in [1.807, 2.05) is 12.3 Å². The molecule has 0 aromatic carbocycles. The van der Waals surface area contributed by atoms with E-state index in [4.69, 9.17) is 0 Å². The fourth-order valence-electron chi connectivity index (χ4n) is 2.32. The van der Waals surface area contributed by atoms with Crippen LogP contribution in [0, 0.1) is 0 Å². The molecule has 17 heavy (non-hydrogen) atoms. The molecule has 0 unspecified atom stereocenters. The largest absolute Gasteiger partial charge is 0.346 e. The lowest BCUT2D eigenvalue weighted by Gasteiger charge is -1.99. The molecule has 0 radical (unpaired) electrons. The highest BCUT2D eigenvalue weighted by Gasteiger charge is 2.26. The summed E-state index contributed by atoms with van der Waals surface area (Å²) in [6, 6.07) is 4.16. The number of rotatable bonds is 2. The second kappa shape index (κ2) is 3.20. The molecule has 4 rings (SSSR count). The van der Waals surface area contributed by atoms with Gasteiger partial charge < -0.3 is 4.98 Å². The number of nitrogens with one attached hydrogen (secondary N) is 2. The Morgan fingerprint density at radius 2 is 2.24 bits per heavy atom. The number of hydrogen-bond donors (Lipinski definition) is 2. The average Bonchev–Trinajstić information content (AvgIpc) is 2.93. The monoisotopic (exact) mass is 224 g/mol. The third-order valence-corrected chi connectivity index (χ3v) is 3.39. The normalized spacial score (nSPS) is 15.5. The van der Waals surface area contributed by atoms with Gasteiger partial charge in [0, 0.05) is 29.5 Å². The maximum atomic E-state index is 4.46. The number of aromatic amines is 2. The van der Waals surface area contributed by atoms with Crippen molar-refractivity contribution in [3.63, 3.8) is 0 Å². The van der Waals surface area contributed by atoms with Gasteiger partial charge in [-0.1, -0.05) is 0 Å². The molecular formula is C13H12N4. The second-order valence-electron chi connectivity index (χ2n) is 4.61. The number of hydrogen-bond acceptors (Lipinski definition) is 2. The van der Waals surface area contributed by atoms with Crippen LogP contribution in [0.15, 0.2) is 30.7 Å². The van der Waals surface area contributed by atoms with Crippen molar-refractivity contribution in [1.29, 1.82) is 0 Å². The lowest BCUT2D eigenvalue weighted by molar-refractivity contribution is 1.09. The van der Waals surface area contributed by atoms with Gasteiger partial charge in [0.25, 0.3) is 0 Å². The van der Waals surface area contributed by atoms with Crippen LogP contribution in [0.2, 0.25) is 0 Å². The summed E-state index contributed by atoms with van der Waals surface area (Å²) in [4.78, 5) is 7.71. The van der Waals surface area contributed by atoms with Crippen LogP contribution < -0.4 is 0 Å². The van der Waals surface area contributed by atoms with Crippen molar-refractivity contribution < 1.29 is 0 Å². The lowest BCUT2D eigenvalue weighted by atomic mass is 10.1. The van der Waals surface area contributed by atoms with Gasteiger partial charge in [-0.25, -0.2) is 4.98 Å². The predicted octanol–water partition coefficient (Wildman–Crippen LogP) is 2.83. The van der Waals surface area contributed by atoms with Crippen LogP contribution in [0.5, 0.6) is 0 Å². The Bertz CT molecular complexity index is 662. The molecule has 4 heteroatoms. The Kier molecular flexibility index (Phi) is 1.69. The molecule has 3 heterocycles. The topological polar surface area (TPSA) is 57.4 Å². The van der Waals surface area contributed by atoms with E-state index in [-0.39, 0.29) is 0 Å². The molecule has 3 aromatic rings. The average molecular weight is 224 g/mol. The zero-order valence-corrected chi connectivity index (χ0v) is 9.27. The van der Waals surface area contributed by atoms with Crippen molar-refractivity contribution in [2.75, 3.05) is 0 Å². The Morgan fingerprint density at radius 1 is 1.29 bits per heavy atom. The predicted molar refractivity (Wildman–Crippen MR) is 65.7 cm³/mol. The number of aromatic nitrogens is 4. The van der Waals surface area contributed by atoms with Gasteiger partial charge in [0.15, 0.2) is 0 Å². The number of pyridine rings is 1. The van der Waals surface area contributed by atoms with Gasteiger partial charge in [-0.3, -0.25) is 5.10 Å². The molecule has 0 amide bonds. The van der Waals surface area contributed by atoms with Crippen molar-refractivity contribution >= 4 is 11.0 Å². The van der Waals surface area contributed by atoms with Crippen LogP contribution in [0.25, 0.3) is 22.3 Å². The van der Waals surface area contributed by atoms with Crippen molar-refractivity contribution in [3.8, 4) is 11.3 Å². The number of H-pyrrole nitrogens is 2. The Balaban J connectivity index is 1.92. The number of nitrogens with zero attached hydrogens (tertiary/aromatic N) is 2. The molecule has 1 saturated carbocycles. The molecule has 0 atom stereocenters. The zero-order valence-electron chi connectivity index (χ0n) is 9.27. The van der Waals surface area contributed by atoms with Gasteiger partial charge >= 0.3 is 0 Å². The summed E-state index contributed by atoms with van der Waals surface area (Å²) in [5, 5.41) is 8.20. The van der Waals surface area contributed by atoms with Gasteiger partial charge in [-0.05, 0) is 36.5 Å². The molecular weight excluding hydrogens is 212 g/mol. The van der Waals surface area contributed by atoms with Gasteiger partial charge in [0.05, 0.1) is 5.69 Å². The standard InChI is InChI=1S/C13H12N4/c1-2-8(1)11-7-15-13-10(11)5-9(6-14-13)12-3-4-16-17-12/h3-8H,1-2H2,(H,14,15)(H,16,17). The minimum absolute atomic E-state index is 0.738. The summed E-state index contributed by atoms with van der Waals surface area (Å²) in [5.41, 5.74) is 4.50. The van der Waals surface area contributed by atoms with Crippen molar-refractivity contribution in [1.82, 2.24) is 20.2 Å². The summed E-state index contributed by atoms with van der Waals surface area (Å²) >= 11 is 0. The summed E-state index contributed by atoms with van der Waals surface area (Å²) in [6.45, 7) is 0. The fourth-order valence-corrected chi connectivity index (χ4v) is 2.32. The van der Waals surface area contributed by atoms with Crippen molar-refractivity contribution in [3.05, 3.63) is 36.3 Å². The second-order valence-corrected chi connectivity index (χ2v) is 4.61. The van der Waals surface area contributed by atoms with E-state index < -0.39 is 0 Å². The molecule has 2 N–H and O–H groups in total. The van der Waals surface area contributed by atoms with E-state index >= 15 is 0 Å². The molecule has 1 aliphatic rings. The third-order valence-electron chi connectivity index (χ3n) is 3.39. The summed E-state index contributed by atoms with van der Waals surface area (Å²) < 4.78 is 0. The zero-order chi connectivity index (χ0) is 11.2. The smallest absolute Gasteiger partial charge is 0.137 e.